The van der Waals surface area contributed by atoms with Crippen LogP contribution in [0.15, 0.2) is 27.7 Å². The van der Waals surface area contributed by atoms with Crippen molar-refractivity contribution in [1.82, 2.24) is 20.4 Å². The van der Waals surface area contributed by atoms with Crippen molar-refractivity contribution >= 4 is 29.9 Å². The van der Waals surface area contributed by atoms with Crippen molar-refractivity contribution in [2.24, 2.45) is 4.99 Å². The molecule has 0 saturated heterocycles. The zero-order valence-electron chi connectivity index (χ0n) is 16.1. The van der Waals surface area contributed by atoms with Gasteiger partial charge in [0.25, 0.3) is 0 Å². The molecule has 9 heteroatoms. The normalized spacial score (nSPS) is 12.9. The average molecular weight is 487 g/mol. The van der Waals surface area contributed by atoms with E-state index in [1.165, 1.54) is 0 Å². The number of aliphatic imine (C=N–C) groups is 1. The van der Waals surface area contributed by atoms with E-state index in [1.54, 1.807) is 7.05 Å². The molecule has 2 heterocycles. The Labute approximate surface area is 176 Å². The SMILES string of the molecule is CN=C(NCCc1nc(C(C)C)no1)N(C)Cc1ccc2c(c1)OCO2.I. The van der Waals surface area contributed by atoms with E-state index < -0.39 is 0 Å². The van der Waals surface area contributed by atoms with Crippen LogP contribution in [0.5, 0.6) is 11.5 Å². The highest BCUT2D eigenvalue weighted by molar-refractivity contribution is 14.0. The number of guanidine groups is 1. The molecule has 1 aromatic carbocycles. The fraction of sp³-hybridized carbons (Fsp3) is 0.500. The molecule has 1 aliphatic rings. The summed E-state index contributed by atoms with van der Waals surface area (Å²) in [4.78, 5) is 10.8. The van der Waals surface area contributed by atoms with E-state index in [-0.39, 0.29) is 36.7 Å². The first kappa shape index (κ1) is 21.3. The van der Waals surface area contributed by atoms with Crippen molar-refractivity contribution in [3.05, 3.63) is 35.5 Å². The van der Waals surface area contributed by atoms with E-state index >= 15 is 0 Å². The predicted octanol–water partition coefficient (Wildman–Crippen LogP) is 2.79. The largest absolute Gasteiger partial charge is 0.454 e. The van der Waals surface area contributed by atoms with Gasteiger partial charge in [0, 0.05) is 39.5 Å². The zero-order valence-corrected chi connectivity index (χ0v) is 18.4. The monoisotopic (exact) mass is 487 g/mol. The Morgan fingerprint density at radius 1 is 1.30 bits per heavy atom. The van der Waals surface area contributed by atoms with Gasteiger partial charge in [-0.15, -0.1) is 24.0 Å². The Kier molecular flexibility index (Phi) is 7.69. The molecule has 27 heavy (non-hydrogen) atoms. The van der Waals surface area contributed by atoms with E-state index in [1.807, 2.05) is 44.0 Å². The smallest absolute Gasteiger partial charge is 0.231 e. The molecule has 0 unspecified atom stereocenters. The van der Waals surface area contributed by atoms with Crippen LogP contribution in [-0.2, 0) is 13.0 Å². The first-order chi connectivity index (χ1) is 12.6. The number of rotatable bonds is 6. The van der Waals surface area contributed by atoms with Crippen LogP contribution in [0, 0.1) is 0 Å². The Morgan fingerprint density at radius 2 is 2.07 bits per heavy atom. The molecule has 0 aliphatic carbocycles. The van der Waals surface area contributed by atoms with Crippen LogP contribution in [0.1, 0.15) is 37.0 Å². The van der Waals surface area contributed by atoms with Gasteiger partial charge in [-0.3, -0.25) is 4.99 Å². The van der Waals surface area contributed by atoms with E-state index in [0.29, 0.717) is 25.4 Å². The van der Waals surface area contributed by atoms with Gasteiger partial charge in [-0.25, -0.2) is 0 Å². The first-order valence-electron chi connectivity index (χ1n) is 8.69. The number of fused-ring (bicyclic) bond motifs is 1. The molecule has 0 fully saturated rings. The second-order valence-corrected chi connectivity index (χ2v) is 6.47. The minimum Gasteiger partial charge on any atom is -0.454 e. The third kappa shape index (κ3) is 5.47. The van der Waals surface area contributed by atoms with Gasteiger partial charge < -0.3 is 24.2 Å². The van der Waals surface area contributed by atoms with Crippen molar-refractivity contribution in [2.45, 2.75) is 32.7 Å². The Balaban J connectivity index is 0.00000261. The quantitative estimate of drug-likeness (QED) is 0.381. The molecule has 0 spiro atoms. The van der Waals surface area contributed by atoms with Gasteiger partial charge in [0.05, 0.1) is 0 Å². The van der Waals surface area contributed by atoms with Crippen molar-refractivity contribution in [2.75, 3.05) is 27.4 Å². The first-order valence-corrected chi connectivity index (χ1v) is 8.69. The molecule has 148 valence electrons. The van der Waals surface area contributed by atoms with Crippen LogP contribution < -0.4 is 14.8 Å². The molecular formula is C18H26IN5O3. The zero-order chi connectivity index (χ0) is 18.5. The lowest BCUT2D eigenvalue weighted by Gasteiger charge is -2.22. The number of ether oxygens (including phenoxy) is 2. The van der Waals surface area contributed by atoms with Crippen molar-refractivity contribution in [3.63, 3.8) is 0 Å². The standard InChI is InChI=1S/C18H25N5O3.HI/c1-12(2)17-21-16(26-22-17)7-8-20-18(19-3)23(4)10-13-5-6-14-15(9-13)25-11-24-14;/h5-6,9,12H,7-8,10-11H2,1-4H3,(H,19,20);1H. The van der Waals surface area contributed by atoms with Crippen LogP contribution in [-0.4, -0.2) is 48.4 Å². The molecule has 1 N–H and O–H groups in total. The molecule has 1 aliphatic heterocycles. The second-order valence-electron chi connectivity index (χ2n) is 6.47. The lowest BCUT2D eigenvalue weighted by molar-refractivity contribution is 0.174. The summed E-state index contributed by atoms with van der Waals surface area (Å²) >= 11 is 0. The van der Waals surface area contributed by atoms with Gasteiger partial charge in [0.2, 0.25) is 12.7 Å². The third-order valence-corrected chi connectivity index (χ3v) is 4.05. The molecule has 3 rings (SSSR count). The van der Waals surface area contributed by atoms with E-state index in [9.17, 15) is 0 Å². The molecule has 0 amide bonds. The van der Waals surface area contributed by atoms with Crippen LogP contribution >= 0.6 is 24.0 Å². The highest BCUT2D eigenvalue weighted by Crippen LogP contribution is 2.32. The highest BCUT2D eigenvalue weighted by atomic mass is 127. The molecular weight excluding hydrogens is 461 g/mol. The maximum Gasteiger partial charge on any atom is 0.231 e. The number of halogens is 1. The van der Waals surface area contributed by atoms with Crippen LogP contribution in [0.2, 0.25) is 0 Å². The summed E-state index contributed by atoms with van der Waals surface area (Å²) in [7, 11) is 3.76. The van der Waals surface area contributed by atoms with Gasteiger partial charge in [0.15, 0.2) is 23.3 Å². The number of hydrogen-bond donors (Lipinski definition) is 1. The summed E-state index contributed by atoms with van der Waals surface area (Å²) in [6.45, 7) is 5.73. The van der Waals surface area contributed by atoms with Gasteiger partial charge in [-0.1, -0.05) is 25.1 Å². The van der Waals surface area contributed by atoms with Crippen molar-refractivity contribution < 1.29 is 14.0 Å². The third-order valence-electron chi connectivity index (χ3n) is 4.05. The molecule has 0 bridgehead atoms. The molecule has 0 atom stereocenters. The molecule has 1 aromatic heterocycles. The fourth-order valence-corrected chi connectivity index (χ4v) is 2.66. The number of hydrogen-bond acceptors (Lipinski definition) is 6. The van der Waals surface area contributed by atoms with Gasteiger partial charge in [0.1, 0.15) is 0 Å². The average Bonchev–Trinajstić information content (AvgIpc) is 3.27. The Hall–Kier alpha value is -2.04. The molecule has 8 nitrogen and oxygen atoms in total. The van der Waals surface area contributed by atoms with Gasteiger partial charge in [-0.05, 0) is 17.7 Å². The van der Waals surface area contributed by atoms with Crippen LogP contribution in [0.3, 0.4) is 0 Å². The Bertz CT molecular complexity index is 778. The number of aromatic nitrogens is 2. The lowest BCUT2D eigenvalue weighted by atomic mass is 10.2. The summed E-state index contributed by atoms with van der Waals surface area (Å²) in [5.74, 6) is 4.02. The predicted molar refractivity (Wildman–Crippen MR) is 113 cm³/mol. The van der Waals surface area contributed by atoms with Crippen LogP contribution in [0.4, 0.5) is 0 Å². The fourth-order valence-electron chi connectivity index (χ4n) is 2.66. The highest BCUT2D eigenvalue weighted by Gasteiger charge is 2.15. The lowest BCUT2D eigenvalue weighted by Crippen LogP contribution is -2.39. The molecule has 0 saturated carbocycles. The number of nitrogens with one attached hydrogen (secondary N) is 1. The summed E-state index contributed by atoms with van der Waals surface area (Å²) < 4.78 is 16.0. The maximum absolute atomic E-state index is 5.43. The Morgan fingerprint density at radius 3 is 2.78 bits per heavy atom. The number of benzene rings is 1. The molecule has 0 radical (unpaired) electrons. The summed E-state index contributed by atoms with van der Waals surface area (Å²) in [5.41, 5.74) is 1.12. The van der Waals surface area contributed by atoms with Gasteiger partial charge in [-0.2, -0.15) is 4.98 Å². The van der Waals surface area contributed by atoms with E-state index in [4.69, 9.17) is 14.0 Å². The van der Waals surface area contributed by atoms with Crippen molar-refractivity contribution in [3.8, 4) is 11.5 Å². The molecule has 2 aromatic rings. The summed E-state index contributed by atoms with van der Waals surface area (Å²) in [6, 6.07) is 5.96. The van der Waals surface area contributed by atoms with E-state index in [2.05, 4.69) is 20.4 Å². The minimum absolute atomic E-state index is 0. The second kappa shape index (κ2) is 9.77. The van der Waals surface area contributed by atoms with Gasteiger partial charge >= 0.3 is 0 Å². The maximum atomic E-state index is 5.43. The van der Waals surface area contributed by atoms with Crippen LogP contribution in [0.25, 0.3) is 0 Å². The topological polar surface area (TPSA) is 85.0 Å². The summed E-state index contributed by atoms with van der Waals surface area (Å²) in [6.07, 6.45) is 0.649. The van der Waals surface area contributed by atoms with E-state index in [0.717, 1.165) is 28.8 Å². The summed E-state index contributed by atoms with van der Waals surface area (Å²) in [5, 5.41) is 7.30. The number of nitrogens with zero attached hydrogens (tertiary/aromatic N) is 4. The minimum atomic E-state index is 0. The van der Waals surface area contributed by atoms with Crippen molar-refractivity contribution in [1.29, 1.82) is 0 Å².